The lowest BCUT2D eigenvalue weighted by Gasteiger charge is -2.29. The molecule has 4 nitrogen and oxygen atoms in total. The topological polar surface area (TPSA) is 49.8 Å². The van der Waals surface area contributed by atoms with Gasteiger partial charge in [0.25, 0.3) is 0 Å². The van der Waals surface area contributed by atoms with Crippen molar-refractivity contribution in [2.45, 2.75) is 46.1 Å². The number of rotatable bonds is 6. The normalized spacial score (nSPS) is 11.8. The molecule has 2 N–H and O–H groups in total. The molecular weight excluding hydrogens is 256 g/mol. The second kappa shape index (κ2) is 5.74. The highest BCUT2D eigenvalue weighted by molar-refractivity contribution is 7.16. The maximum atomic E-state index is 4.62. The Labute approximate surface area is 118 Å². The van der Waals surface area contributed by atoms with Crippen molar-refractivity contribution in [1.29, 1.82) is 0 Å². The molecule has 0 amide bonds. The minimum Gasteiger partial charge on any atom is -0.364 e. The average molecular weight is 278 g/mol. The molecule has 0 aromatic carbocycles. The standard InChI is InChI=1S/C14H22N4S/c1-5-14(4,6-2)18-11-10-8-9-19-12(10)17-13(16-11)15-7-3/h8-9H,5-7H2,1-4H3,(H2,15,16,17,18). The fourth-order valence-corrected chi connectivity index (χ4v) is 2.66. The smallest absolute Gasteiger partial charge is 0.226 e. The van der Waals surface area contributed by atoms with Gasteiger partial charge in [0.15, 0.2) is 0 Å². The van der Waals surface area contributed by atoms with E-state index in [1.165, 1.54) is 0 Å². The molecule has 2 aromatic heterocycles. The van der Waals surface area contributed by atoms with Crippen LogP contribution >= 0.6 is 11.3 Å². The molecular formula is C14H22N4S. The number of aromatic nitrogens is 2. The molecule has 0 aliphatic heterocycles. The Balaban J connectivity index is 2.42. The quantitative estimate of drug-likeness (QED) is 0.834. The van der Waals surface area contributed by atoms with Gasteiger partial charge in [0.2, 0.25) is 5.95 Å². The molecule has 19 heavy (non-hydrogen) atoms. The van der Waals surface area contributed by atoms with Crippen LogP contribution in [0.4, 0.5) is 11.8 Å². The van der Waals surface area contributed by atoms with E-state index in [1.54, 1.807) is 11.3 Å². The van der Waals surface area contributed by atoms with Gasteiger partial charge in [-0.05, 0) is 38.1 Å². The molecule has 0 fully saturated rings. The SMILES string of the molecule is CCNc1nc(NC(C)(CC)CC)c2ccsc2n1. The summed E-state index contributed by atoms with van der Waals surface area (Å²) < 4.78 is 0. The van der Waals surface area contributed by atoms with E-state index in [0.29, 0.717) is 5.95 Å². The van der Waals surface area contributed by atoms with Crippen LogP contribution in [0.5, 0.6) is 0 Å². The first-order chi connectivity index (χ1) is 9.11. The summed E-state index contributed by atoms with van der Waals surface area (Å²) >= 11 is 1.65. The molecule has 0 aliphatic carbocycles. The Morgan fingerprint density at radius 2 is 1.95 bits per heavy atom. The van der Waals surface area contributed by atoms with Gasteiger partial charge in [0.05, 0.1) is 5.39 Å². The molecule has 2 heterocycles. The summed E-state index contributed by atoms with van der Waals surface area (Å²) in [4.78, 5) is 10.2. The van der Waals surface area contributed by atoms with Gasteiger partial charge in [0.1, 0.15) is 10.6 Å². The van der Waals surface area contributed by atoms with Crippen molar-refractivity contribution >= 4 is 33.3 Å². The highest BCUT2D eigenvalue weighted by atomic mass is 32.1. The predicted molar refractivity (Wildman–Crippen MR) is 84.2 cm³/mol. The largest absolute Gasteiger partial charge is 0.364 e. The Bertz CT molecular complexity index is 545. The zero-order valence-corrected chi connectivity index (χ0v) is 12.9. The van der Waals surface area contributed by atoms with Crippen molar-refractivity contribution < 1.29 is 0 Å². The zero-order chi connectivity index (χ0) is 13.9. The van der Waals surface area contributed by atoms with Crippen LogP contribution in [0.25, 0.3) is 10.2 Å². The van der Waals surface area contributed by atoms with E-state index in [1.807, 2.05) is 0 Å². The third-order valence-corrected chi connectivity index (χ3v) is 4.45. The Hall–Kier alpha value is -1.36. The second-order valence-electron chi connectivity index (χ2n) is 4.96. The number of anilines is 2. The van der Waals surface area contributed by atoms with Crippen molar-refractivity contribution in [3.05, 3.63) is 11.4 Å². The van der Waals surface area contributed by atoms with Gasteiger partial charge in [-0.3, -0.25) is 0 Å². The number of nitrogens with one attached hydrogen (secondary N) is 2. The van der Waals surface area contributed by atoms with Crippen LogP contribution < -0.4 is 10.6 Å². The fourth-order valence-electron chi connectivity index (χ4n) is 1.90. The van der Waals surface area contributed by atoms with Crippen molar-refractivity contribution in [2.24, 2.45) is 0 Å². The lowest BCUT2D eigenvalue weighted by Crippen LogP contribution is -2.33. The van der Waals surface area contributed by atoms with E-state index in [9.17, 15) is 0 Å². The first kappa shape index (κ1) is 14.1. The summed E-state index contributed by atoms with van der Waals surface area (Å²) in [6.45, 7) is 9.52. The number of hydrogen-bond donors (Lipinski definition) is 2. The summed E-state index contributed by atoms with van der Waals surface area (Å²) in [7, 11) is 0. The molecule has 104 valence electrons. The van der Waals surface area contributed by atoms with Crippen molar-refractivity contribution in [2.75, 3.05) is 17.2 Å². The van der Waals surface area contributed by atoms with Gasteiger partial charge >= 0.3 is 0 Å². The van der Waals surface area contributed by atoms with Crippen LogP contribution in [0, 0.1) is 0 Å². The first-order valence-electron chi connectivity index (χ1n) is 6.89. The molecule has 0 radical (unpaired) electrons. The summed E-state index contributed by atoms with van der Waals surface area (Å²) in [6.07, 6.45) is 2.13. The zero-order valence-electron chi connectivity index (χ0n) is 12.1. The molecule has 0 saturated carbocycles. The van der Waals surface area contributed by atoms with E-state index >= 15 is 0 Å². The van der Waals surface area contributed by atoms with Crippen molar-refractivity contribution in [3.63, 3.8) is 0 Å². The van der Waals surface area contributed by atoms with Gasteiger partial charge in [0, 0.05) is 12.1 Å². The average Bonchev–Trinajstić information content (AvgIpc) is 2.87. The molecule has 0 aliphatic rings. The number of fused-ring (bicyclic) bond motifs is 1. The second-order valence-corrected chi connectivity index (χ2v) is 5.85. The van der Waals surface area contributed by atoms with E-state index in [4.69, 9.17) is 0 Å². The van der Waals surface area contributed by atoms with E-state index in [2.05, 4.69) is 59.7 Å². The third-order valence-electron chi connectivity index (χ3n) is 3.64. The van der Waals surface area contributed by atoms with Crippen LogP contribution in [0.15, 0.2) is 11.4 Å². The monoisotopic (exact) mass is 278 g/mol. The van der Waals surface area contributed by atoms with Crippen LogP contribution in [0.2, 0.25) is 0 Å². The summed E-state index contributed by atoms with van der Waals surface area (Å²) in [5.41, 5.74) is 0.0761. The minimum absolute atomic E-state index is 0.0761. The third kappa shape index (κ3) is 2.97. The molecule has 2 aromatic rings. The van der Waals surface area contributed by atoms with Gasteiger partial charge in [-0.25, -0.2) is 4.98 Å². The molecule has 5 heteroatoms. The van der Waals surface area contributed by atoms with Crippen molar-refractivity contribution in [3.8, 4) is 0 Å². The fraction of sp³-hybridized carbons (Fsp3) is 0.571. The van der Waals surface area contributed by atoms with E-state index < -0.39 is 0 Å². The lowest BCUT2D eigenvalue weighted by atomic mass is 9.95. The molecule has 2 rings (SSSR count). The molecule has 0 atom stereocenters. The maximum absolute atomic E-state index is 4.62. The Morgan fingerprint density at radius 1 is 1.21 bits per heavy atom. The molecule has 0 spiro atoms. The van der Waals surface area contributed by atoms with E-state index in [0.717, 1.165) is 35.4 Å². The highest BCUT2D eigenvalue weighted by Gasteiger charge is 2.21. The number of hydrogen-bond acceptors (Lipinski definition) is 5. The highest BCUT2D eigenvalue weighted by Crippen LogP contribution is 2.30. The summed E-state index contributed by atoms with van der Waals surface area (Å²) in [5.74, 6) is 1.64. The van der Waals surface area contributed by atoms with Crippen LogP contribution in [0.1, 0.15) is 40.5 Å². The number of nitrogens with zero attached hydrogens (tertiary/aromatic N) is 2. The first-order valence-corrected chi connectivity index (χ1v) is 7.77. The molecule has 0 saturated heterocycles. The lowest BCUT2D eigenvalue weighted by molar-refractivity contribution is 0.477. The summed E-state index contributed by atoms with van der Waals surface area (Å²) in [5, 5.41) is 9.97. The maximum Gasteiger partial charge on any atom is 0.226 e. The van der Waals surface area contributed by atoms with Gasteiger partial charge in [-0.1, -0.05) is 13.8 Å². The van der Waals surface area contributed by atoms with E-state index in [-0.39, 0.29) is 5.54 Å². The Kier molecular flexibility index (Phi) is 4.24. The number of thiophene rings is 1. The van der Waals surface area contributed by atoms with Gasteiger partial charge in [-0.15, -0.1) is 11.3 Å². The van der Waals surface area contributed by atoms with Gasteiger partial charge in [-0.2, -0.15) is 4.98 Å². The molecule has 0 unspecified atom stereocenters. The van der Waals surface area contributed by atoms with Gasteiger partial charge < -0.3 is 10.6 Å². The van der Waals surface area contributed by atoms with Crippen molar-refractivity contribution in [1.82, 2.24) is 9.97 Å². The predicted octanol–water partition coefficient (Wildman–Crippen LogP) is 4.11. The van der Waals surface area contributed by atoms with Crippen LogP contribution in [-0.2, 0) is 0 Å². The molecule has 0 bridgehead atoms. The minimum atomic E-state index is 0.0761. The van der Waals surface area contributed by atoms with Crippen LogP contribution in [0.3, 0.4) is 0 Å². The van der Waals surface area contributed by atoms with Crippen LogP contribution in [-0.4, -0.2) is 22.1 Å². The Morgan fingerprint density at radius 3 is 2.58 bits per heavy atom. The summed E-state index contributed by atoms with van der Waals surface area (Å²) in [6, 6.07) is 2.09.